The van der Waals surface area contributed by atoms with Gasteiger partial charge in [-0.3, -0.25) is 0 Å². The summed E-state index contributed by atoms with van der Waals surface area (Å²) in [6, 6.07) is 2.85. The van der Waals surface area contributed by atoms with Gasteiger partial charge >= 0.3 is 11.7 Å². The number of rotatable bonds is 1. The molecular weight excluding hydrogens is 174 g/mol. The van der Waals surface area contributed by atoms with Crippen LogP contribution >= 0.6 is 0 Å². The van der Waals surface area contributed by atoms with E-state index in [0.29, 0.717) is 5.65 Å². The molecule has 0 unspecified atom stereocenters. The first-order valence-electron chi connectivity index (χ1n) is 3.48. The summed E-state index contributed by atoms with van der Waals surface area (Å²) in [7, 11) is 0. The van der Waals surface area contributed by atoms with E-state index >= 15 is 0 Å². The number of fused-ring (bicyclic) bond motifs is 1. The van der Waals surface area contributed by atoms with Gasteiger partial charge in [-0.25, -0.2) is 19.1 Å². The van der Waals surface area contributed by atoms with Crippen molar-refractivity contribution in [3.63, 3.8) is 0 Å². The van der Waals surface area contributed by atoms with Crippen LogP contribution in [0.15, 0.2) is 23.1 Å². The van der Waals surface area contributed by atoms with Gasteiger partial charge in [0.05, 0.1) is 5.56 Å². The largest absolute Gasteiger partial charge is 0.478 e. The quantitative estimate of drug-likeness (QED) is 0.630. The Morgan fingerprint density at radius 1 is 1.54 bits per heavy atom. The lowest BCUT2D eigenvalue weighted by Gasteiger charge is -1.93. The van der Waals surface area contributed by atoms with Gasteiger partial charge in [-0.2, -0.15) is 5.10 Å². The first kappa shape index (κ1) is 7.53. The molecule has 2 rings (SSSR count). The van der Waals surface area contributed by atoms with Crippen molar-refractivity contribution in [1.82, 2.24) is 14.6 Å². The van der Waals surface area contributed by atoms with E-state index in [1.165, 1.54) is 18.3 Å². The molecule has 2 N–H and O–H groups in total. The monoisotopic (exact) mass is 179 g/mol. The van der Waals surface area contributed by atoms with Gasteiger partial charge in [0.2, 0.25) is 0 Å². The Bertz CT molecular complexity index is 525. The van der Waals surface area contributed by atoms with Gasteiger partial charge in [0, 0.05) is 6.20 Å². The second-order valence-corrected chi connectivity index (χ2v) is 2.48. The average Bonchev–Trinajstić information content (AvgIpc) is 2.47. The number of nitrogens with one attached hydrogen (secondary N) is 1. The molecule has 0 atom stereocenters. The molecule has 2 aromatic heterocycles. The van der Waals surface area contributed by atoms with Gasteiger partial charge in [-0.15, -0.1) is 0 Å². The highest BCUT2D eigenvalue weighted by Crippen LogP contribution is 2.00. The Kier molecular flexibility index (Phi) is 1.42. The molecule has 0 amide bonds. The van der Waals surface area contributed by atoms with E-state index < -0.39 is 11.7 Å². The molecule has 0 aromatic carbocycles. The third kappa shape index (κ3) is 1.08. The van der Waals surface area contributed by atoms with Crippen molar-refractivity contribution in [3.05, 3.63) is 34.4 Å². The number of carboxylic acid groups (broad SMARTS) is 1. The van der Waals surface area contributed by atoms with Crippen LogP contribution in [0.3, 0.4) is 0 Å². The fraction of sp³-hybridized carbons (Fsp3) is 0. The van der Waals surface area contributed by atoms with Crippen molar-refractivity contribution in [2.45, 2.75) is 0 Å². The Morgan fingerprint density at radius 2 is 2.31 bits per heavy atom. The Hall–Kier alpha value is -2.11. The van der Waals surface area contributed by atoms with Gasteiger partial charge in [-0.1, -0.05) is 0 Å². The molecule has 0 saturated heterocycles. The number of hydrogen-bond donors (Lipinski definition) is 2. The van der Waals surface area contributed by atoms with Crippen LogP contribution in [0, 0.1) is 0 Å². The summed E-state index contributed by atoms with van der Waals surface area (Å²) in [6.45, 7) is 0. The second-order valence-electron chi connectivity index (χ2n) is 2.48. The molecule has 0 bridgehead atoms. The summed E-state index contributed by atoms with van der Waals surface area (Å²) < 4.78 is 1.14. The number of pyridine rings is 1. The minimum atomic E-state index is -1.07. The molecule has 2 heterocycles. The van der Waals surface area contributed by atoms with E-state index in [1.54, 1.807) is 0 Å². The molecule has 0 aliphatic heterocycles. The van der Waals surface area contributed by atoms with Gasteiger partial charge in [0.25, 0.3) is 0 Å². The normalized spacial score (nSPS) is 10.5. The van der Waals surface area contributed by atoms with E-state index in [1.807, 2.05) is 0 Å². The zero-order chi connectivity index (χ0) is 9.42. The first-order chi connectivity index (χ1) is 6.18. The van der Waals surface area contributed by atoms with Crippen LogP contribution in [-0.4, -0.2) is 25.7 Å². The highest BCUT2D eigenvalue weighted by atomic mass is 16.4. The van der Waals surface area contributed by atoms with Crippen molar-refractivity contribution in [2.24, 2.45) is 0 Å². The van der Waals surface area contributed by atoms with Crippen LogP contribution in [0.2, 0.25) is 0 Å². The molecule has 13 heavy (non-hydrogen) atoms. The molecular formula is C7H5N3O3. The number of aromatic nitrogens is 3. The molecule has 0 radical (unpaired) electrons. The summed E-state index contributed by atoms with van der Waals surface area (Å²) >= 11 is 0. The van der Waals surface area contributed by atoms with E-state index in [2.05, 4.69) is 10.2 Å². The first-order valence-corrected chi connectivity index (χ1v) is 3.48. The van der Waals surface area contributed by atoms with Gasteiger partial charge in [-0.05, 0) is 12.1 Å². The van der Waals surface area contributed by atoms with Crippen LogP contribution in [0.4, 0.5) is 0 Å². The molecule has 0 aliphatic rings. The fourth-order valence-electron chi connectivity index (χ4n) is 1.03. The minimum absolute atomic E-state index is 0.0519. The summed E-state index contributed by atoms with van der Waals surface area (Å²) in [5.74, 6) is -1.07. The summed E-state index contributed by atoms with van der Waals surface area (Å²) in [6.07, 6.45) is 1.23. The Morgan fingerprint density at radius 3 is 3.00 bits per heavy atom. The Balaban J connectivity index is 2.80. The zero-order valence-corrected chi connectivity index (χ0v) is 6.39. The summed E-state index contributed by atoms with van der Waals surface area (Å²) in [5.41, 5.74) is 0.00380. The van der Waals surface area contributed by atoms with Crippen LogP contribution in [-0.2, 0) is 0 Å². The van der Waals surface area contributed by atoms with Crippen LogP contribution in [0.5, 0.6) is 0 Å². The third-order valence-corrected chi connectivity index (χ3v) is 1.66. The van der Waals surface area contributed by atoms with Crippen LogP contribution in [0.25, 0.3) is 5.65 Å². The van der Waals surface area contributed by atoms with Crippen molar-refractivity contribution in [3.8, 4) is 0 Å². The third-order valence-electron chi connectivity index (χ3n) is 1.66. The van der Waals surface area contributed by atoms with E-state index in [0.717, 1.165) is 4.40 Å². The highest BCUT2D eigenvalue weighted by Gasteiger charge is 2.05. The summed E-state index contributed by atoms with van der Waals surface area (Å²) in [5, 5.41) is 14.5. The van der Waals surface area contributed by atoms with Crippen molar-refractivity contribution in [1.29, 1.82) is 0 Å². The maximum atomic E-state index is 11.0. The molecule has 2 aromatic rings. The number of aromatic carboxylic acids is 1. The lowest BCUT2D eigenvalue weighted by Crippen LogP contribution is -2.10. The highest BCUT2D eigenvalue weighted by molar-refractivity contribution is 5.87. The lowest BCUT2D eigenvalue weighted by atomic mass is 10.3. The Labute approximate surface area is 71.4 Å². The molecule has 66 valence electrons. The predicted molar refractivity (Wildman–Crippen MR) is 42.8 cm³/mol. The number of carbonyl (C=O) groups is 1. The zero-order valence-electron chi connectivity index (χ0n) is 6.39. The van der Waals surface area contributed by atoms with Crippen LogP contribution < -0.4 is 5.69 Å². The molecule has 6 heteroatoms. The molecule has 0 spiro atoms. The molecule has 6 nitrogen and oxygen atoms in total. The smallest absolute Gasteiger partial charge is 0.347 e. The molecule has 0 fully saturated rings. The number of aromatic amines is 1. The van der Waals surface area contributed by atoms with Gasteiger partial charge in [0.15, 0.2) is 5.65 Å². The number of carboxylic acids is 1. The number of H-pyrrole nitrogens is 1. The maximum absolute atomic E-state index is 11.0. The SMILES string of the molecule is O=C(O)c1ccc2n[nH]c(=O)n2c1. The van der Waals surface area contributed by atoms with Crippen molar-refractivity contribution >= 4 is 11.6 Å². The van der Waals surface area contributed by atoms with E-state index in [4.69, 9.17) is 5.11 Å². The lowest BCUT2D eigenvalue weighted by molar-refractivity contribution is 0.0696. The molecule has 0 saturated carbocycles. The van der Waals surface area contributed by atoms with E-state index in [9.17, 15) is 9.59 Å². The minimum Gasteiger partial charge on any atom is -0.478 e. The van der Waals surface area contributed by atoms with Crippen LogP contribution in [0.1, 0.15) is 10.4 Å². The van der Waals surface area contributed by atoms with Gasteiger partial charge < -0.3 is 5.11 Å². The topological polar surface area (TPSA) is 87.5 Å². The van der Waals surface area contributed by atoms with Crippen molar-refractivity contribution in [2.75, 3.05) is 0 Å². The fourth-order valence-corrected chi connectivity index (χ4v) is 1.03. The standard InChI is InChI=1S/C7H5N3O3/c11-6(12)4-1-2-5-8-9-7(13)10(5)3-4/h1-3H,(H,9,13)(H,11,12). The van der Waals surface area contributed by atoms with Crippen molar-refractivity contribution < 1.29 is 9.90 Å². The van der Waals surface area contributed by atoms with Gasteiger partial charge in [0.1, 0.15) is 0 Å². The molecule has 0 aliphatic carbocycles. The average molecular weight is 179 g/mol. The van der Waals surface area contributed by atoms with E-state index in [-0.39, 0.29) is 5.56 Å². The predicted octanol–water partition coefficient (Wildman–Crippen LogP) is -0.279. The summed E-state index contributed by atoms with van der Waals surface area (Å²) in [4.78, 5) is 21.5. The number of hydrogen-bond acceptors (Lipinski definition) is 3. The number of nitrogens with zero attached hydrogens (tertiary/aromatic N) is 2. The maximum Gasteiger partial charge on any atom is 0.347 e. The second kappa shape index (κ2) is 2.44.